The van der Waals surface area contributed by atoms with Crippen LogP contribution >= 0.6 is 0 Å². The van der Waals surface area contributed by atoms with Crippen molar-refractivity contribution in [3.8, 4) is 0 Å². The van der Waals surface area contributed by atoms with Gasteiger partial charge in [-0.1, -0.05) is 24.3 Å². The van der Waals surface area contributed by atoms with Crippen LogP contribution in [0.3, 0.4) is 0 Å². The number of hydrogen-bond acceptors (Lipinski definition) is 5. The van der Waals surface area contributed by atoms with Gasteiger partial charge >= 0.3 is 16.3 Å². The van der Waals surface area contributed by atoms with Crippen LogP contribution in [-0.4, -0.2) is 21.6 Å². The van der Waals surface area contributed by atoms with Gasteiger partial charge < -0.3 is 10.5 Å². The number of benzene rings is 1. The minimum absolute atomic E-state index is 0.421. The minimum Gasteiger partial charge on any atom is -0.452 e. The molecule has 0 radical (unpaired) electrons. The molecule has 0 aromatic heterocycles. The van der Waals surface area contributed by atoms with E-state index in [4.69, 9.17) is 5.73 Å². The Labute approximate surface area is 112 Å². The third kappa shape index (κ3) is 4.86. The van der Waals surface area contributed by atoms with Crippen molar-refractivity contribution in [3.05, 3.63) is 35.4 Å². The number of methoxy groups -OCH3 is 1. The summed E-state index contributed by atoms with van der Waals surface area (Å²) in [6.45, 7) is 2.08. The molecule has 0 aliphatic rings. The molecule has 0 heterocycles. The first kappa shape index (κ1) is 15.4. The van der Waals surface area contributed by atoms with E-state index < -0.39 is 22.3 Å². The lowest BCUT2D eigenvalue weighted by Crippen LogP contribution is -2.41. The zero-order chi connectivity index (χ0) is 14.5. The molecule has 8 heteroatoms. The summed E-state index contributed by atoms with van der Waals surface area (Å²) < 4.78 is 31.4. The van der Waals surface area contributed by atoms with Crippen LogP contribution in [0.25, 0.3) is 0 Å². The van der Waals surface area contributed by atoms with Crippen molar-refractivity contribution in [2.24, 2.45) is 5.73 Å². The van der Waals surface area contributed by atoms with Gasteiger partial charge in [-0.25, -0.2) is 9.52 Å². The lowest BCUT2D eigenvalue weighted by Gasteiger charge is -2.15. The average molecular weight is 287 g/mol. The van der Waals surface area contributed by atoms with Crippen molar-refractivity contribution in [3.63, 3.8) is 0 Å². The summed E-state index contributed by atoms with van der Waals surface area (Å²) in [5.74, 6) is 0. The van der Waals surface area contributed by atoms with Crippen molar-refractivity contribution < 1.29 is 17.9 Å². The molecule has 0 aliphatic heterocycles. The Morgan fingerprint density at radius 2 is 1.95 bits per heavy atom. The number of hydrogen-bond donors (Lipinski definition) is 3. The Hall–Kier alpha value is -1.64. The van der Waals surface area contributed by atoms with Crippen LogP contribution in [0.5, 0.6) is 0 Å². The summed E-state index contributed by atoms with van der Waals surface area (Å²) in [5.41, 5.74) is 7.18. The highest BCUT2D eigenvalue weighted by Crippen LogP contribution is 2.13. The SMILES string of the molecule is COC(=O)NS(=O)(=O)NC(C)c1ccc(CN)cc1. The second-order valence-electron chi connectivity index (χ2n) is 3.88. The number of carbonyl (C=O) groups is 1. The number of nitrogens with two attached hydrogens (primary N) is 1. The standard InChI is InChI=1S/C11H17N3O4S/c1-8(10-5-3-9(7-12)4-6-10)13-19(16,17)14-11(15)18-2/h3-6,8,13H,7,12H2,1-2H3,(H,14,15). The quantitative estimate of drug-likeness (QED) is 0.726. The molecule has 106 valence electrons. The highest BCUT2D eigenvalue weighted by atomic mass is 32.2. The predicted octanol–water partition coefficient (Wildman–Crippen LogP) is 0.397. The van der Waals surface area contributed by atoms with Crippen LogP contribution in [0.4, 0.5) is 4.79 Å². The molecular weight excluding hydrogens is 270 g/mol. The summed E-state index contributed by atoms with van der Waals surface area (Å²) in [4.78, 5) is 10.9. The smallest absolute Gasteiger partial charge is 0.421 e. The Morgan fingerprint density at radius 1 is 1.37 bits per heavy atom. The largest absolute Gasteiger partial charge is 0.452 e. The molecule has 0 fully saturated rings. The van der Waals surface area contributed by atoms with E-state index in [-0.39, 0.29) is 0 Å². The van der Waals surface area contributed by atoms with E-state index in [9.17, 15) is 13.2 Å². The number of rotatable bonds is 5. The molecule has 1 unspecified atom stereocenters. The first-order valence-electron chi connectivity index (χ1n) is 5.55. The fraction of sp³-hybridized carbons (Fsp3) is 0.364. The first-order chi connectivity index (χ1) is 8.88. The van der Waals surface area contributed by atoms with Crippen molar-refractivity contribution in [2.75, 3.05) is 7.11 Å². The average Bonchev–Trinajstić information content (AvgIpc) is 2.37. The topological polar surface area (TPSA) is 111 Å². The van der Waals surface area contributed by atoms with E-state index in [1.807, 2.05) is 12.1 Å². The van der Waals surface area contributed by atoms with E-state index in [2.05, 4.69) is 9.46 Å². The van der Waals surface area contributed by atoms with Crippen molar-refractivity contribution >= 4 is 16.3 Å². The molecule has 4 N–H and O–H groups in total. The minimum atomic E-state index is -3.96. The van der Waals surface area contributed by atoms with E-state index in [1.165, 1.54) is 0 Å². The van der Waals surface area contributed by atoms with Crippen LogP contribution in [0, 0.1) is 0 Å². The number of nitrogens with one attached hydrogen (secondary N) is 2. The van der Waals surface area contributed by atoms with Crippen molar-refractivity contribution in [1.29, 1.82) is 0 Å². The lowest BCUT2D eigenvalue weighted by atomic mass is 10.1. The molecule has 0 saturated carbocycles. The maximum absolute atomic E-state index is 11.6. The molecule has 1 rings (SSSR count). The van der Waals surface area contributed by atoms with Gasteiger partial charge in [-0.15, -0.1) is 0 Å². The molecule has 0 bridgehead atoms. The van der Waals surface area contributed by atoms with E-state index in [0.29, 0.717) is 6.54 Å². The maximum atomic E-state index is 11.6. The molecule has 1 amide bonds. The van der Waals surface area contributed by atoms with Crippen molar-refractivity contribution in [2.45, 2.75) is 19.5 Å². The zero-order valence-electron chi connectivity index (χ0n) is 10.7. The fourth-order valence-corrected chi connectivity index (χ4v) is 2.39. The highest BCUT2D eigenvalue weighted by Gasteiger charge is 2.18. The van der Waals surface area contributed by atoms with Gasteiger partial charge in [0.25, 0.3) is 0 Å². The Morgan fingerprint density at radius 3 is 2.42 bits per heavy atom. The molecule has 19 heavy (non-hydrogen) atoms. The molecule has 1 aromatic carbocycles. The van der Waals surface area contributed by atoms with Crippen LogP contribution < -0.4 is 15.2 Å². The van der Waals surface area contributed by atoms with E-state index in [0.717, 1.165) is 18.2 Å². The van der Waals surface area contributed by atoms with Crippen LogP contribution in [0.2, 0.25) is 0 Å². The maximum Gasteiger partial charge on any atom is 0.421 e. The van der Waals surface area contributed by atoms with Gasteiger partial charge in [0.05, 0.1) is 7.11 Å². The summed E-state index contributed by atoms with van der Waals surface area (Å²) in [5, 5.41) is 0. The zero-order valence-corrected chi connectivity index (χ0v) is 11.5. The van der Waals surface area contributed by atoms with Gasteiger partial charge in [0.15, 0.2) is 0 Å². The van der Waals surface area contributed by atoms with Gasteiger partial charge in [-0.3, -0.25) is 0 Å². The molecule has 7 nitrogen and oxygen atoms in total. The highest BCUT2D eigenvalue weighted by molar-refractivity contribution is 7.88. The third-order valence-corrected chi connectivity index (χ3v) is 3.55. The van der Waals surface area contributed by atoms with Gasteiger partial charge in [-0.2, -0.15) is 13.1 Å². The Kier molecular flexibility index (Phi) is 5.28. The third-order valence-electron chi connectivity index (χ3n) is 2.45. The molecule has 0 saturated heterocycles. The monoisotopic (exact) mass is 287 g/mol. The van der Waals surface area contributed by atoms with Crippen LogP contribution in [0.15, 0.2) is 24.3 Å². The fourth-order valence-electron chi connectivity index (χ4n) is 1.42. The van der Waals surface area contributed by atoms with Crippen LogP contribution in [0.1, 0.15) is 24.1 Å². The molecular formula is C11H17N3O4S. The Bertz CT molecular complexity index is 527. The summed E-state index contributed by atoms with van der Waals surface area (Å²) in [6.07, 6.45) is -1.04. The normalized spacial score (nSPS) is 12.8. The summed E-state index contributed by atoms with van der Waals surface area (Å²) >= 11 is 0. The van der Waals surface area contributed by atoms with Gasteiger partial charge in [-0.05, 0) is 18.1 Å². The molecule has 0 spiro atoms. The summed E-state index contributed by atoms with van der Waals surface area (Å²) in [6, 6.07) is 6.68. The second kappa shape index (κ2) is 6.50. The first-order valence-corrected chi connectivity index (χ1v) is 7.03. The van der Waals surface area contributed by atoms with Gasteiger partial charge in [0, 0.05) is 12.6 Å². The molecule has 1 atom stereocenters. The van der Waals surface area contributed by atoms with Crippen molar-refractivity contribution in [1.82, 2.24) is 9.44 Å². The number of ether oxygens (including phenoxy) is 1. The second-order valence-corrected chi connectivity index (χ2v) is 5.33. The lowest BCUT2D eigenvalue weighted by molar-refractivity contribution is 0.177. The van der Waals surface area contributed by atoms with Gasteiger partial charge in [0.1, 0.15) is 0 Å². The van der Waals surface area contributed by atoms with E-state index >= 15 is 0 Å². The summed E-state index contributed by atoms with van der Waals surface area (Å²) in [7, 11) is -2.87. The van der Waals surface area contributed by atoms with Gasteiger partial charge in [0.2, 0.25) is 0 Å². The number of carbonyl (C=O) groups excluding carboxylic acids is 1. The van der Waals surface area contributed by atoms with Crippen LogP contribution in [-0.2, 0) is 21.5 Å². The molecule has 1 aromatic rings. The van der Waals surface area contributed by atoms with E-state index in [1.54, 1.807) is 23.8 Å². The molecule has 0 aliphatic carbocycles. The Balaban J connectivity index is 2.72. The predicted molar refractivity (Wildman–Crippen MR) is 70.3 cm³/mol. The number of amides is 1.